The number of sulfonamides is 1. The summed E-state index contributed by atoms with van der Waals surface area (Å²) in [6.45, 7) is 1.53. The van der Waals surface area contributed by atoms with E-state index in [1.54, 1.807) is 0 Å². The molecule has 112 valence electrons. The molecule has 1 aromatic carbocycles. The van der Waals surface area contributed by atoms with E-state index >= 15 is 0 Å². The molecular formula is C13H18F2N2O2S. The summed E-state index contributed by atoms with van der Waals surface area (Å²) in [6, 6.07) is 2.82. The molecule has 1 aliphatic rings. The Morgan fingerprint density at radius 2 is 1.85 bits per heavy atom. The highest BCUT2D eigenvalue weighted by molar-refractivity contribution is 7.89. The van der Waals surface area contributed by atoms with E-state index in [1.807, 2.05) is 0 Å². The minimum Gasteiger partial charge on any atom is -0.317 e. The zero-order valence-corrected chi connectivity index (χ0v) is 12.1. The summed E-state index contributed by atoms with van der Waals surface area (Å²) in [5.74, 6) is -2.10. The van der Waals surface area contributed by atoms with Gasteiger partial charge in [-0.1, -0.05) is 6.07 Å². The molecule has 1 heterocycles. The Morgan fingerprint density at radius 3 is 2.50 bits per heavy atom. The predicted octanol–water partition coefficient (Wildman–Crippen LogP) is 1.73. The zero-order chi connectivity index (χ0) is 14.8. The molecule has 1 atom stereocenters. The van der Waals surface area contributed by atoms with Gasteiger partial charge >= 0.3 is 0 Å². The minimum absolute atomic E-state index is 0.242. The second kappa shape index (κ2) is 6.15. The van der Waals surface area contributed by atoms with Crippen LogP contribution in [-0.4, -0.2) is 38.9 Å². The molecule has 20 heavy (non-hydrogen) atoms. The number of hydrogen-bond donors (Lipinski definition) is 1. The lowest BCUT2D eigenvalue weighted by atomic mass is 10.1. The van der Waals surface area contributed by atoms with Gasteiger partial charge in [0.15, 0.2) is 4.90 Å². The monoisotopic (exact) mass is 304 g/mol. The first kappa shape index (κ1) is 15.3. The Bertz CT molecular complexity index is 549. The Balaban J connectivity index is 2.34. The number of nitrogens with one attached hydrogen (secondary N) is 1. The van der Waals surface area contributed by atoms with Gasteiger partial charge < -0.3 is 5.32 Å². The molecule has 1 aliphatic heterocycles. The van der Waals surface area contributed by atoms with Gasteiger partial charge in [-0.3, -0.25) is 0 Å². The van der Waals surface area contributed by atoms with Crippen molar-refractivity contribution in [1.29, 1.82) is 0 Å². The molecule has 0 bridgehead atoms. The topological polar surface area (TPSA) is 49.4 Å². The van der Waals surface area contributed by atoms with Crippen molar-refractivity contribution in [3.05, 3.63) is 29.8 Å². The lowest BCUT2D eigenvalue weighted by Crippen LogP contribution is -2.38. The van der Waals surface area contributed by atoms with Crippen LogP contribution in [0.5, 0.6) is 0 Å². The largest absolute Gasteiger partial charge is 0.317 e. The normalized spacial score (nSPS) is 20.9. The highest BCUT2D eigenvalue weighted by Gasteiger charge is 2.32. The quantitative estimate of drug-likeness (QED) is 0.925. The van der Waals surface area contributed by atoms with Crippen molar-refractivity contribution in [2.45, 2.75) is 30.2 Å². The van der Waals surface area contributed by atoms with Crippen LogP contribution in [0.2, 0.25) is 0 Å². The highest BCUT2D eigenvalue weighted by atomic mass is 32.2. The van der Waals surface area contributed by atoms with Crippen LogP contribution in [0.1, 0.15) is 19.3 Å². The van der Waals surface area contributed by atoms with Crippen LogP contribution in [0.3, 0.4) is 0 Å². The third-order valence-corrected chi connectivity index (χ3v) is 5.58. The van der Waals surface area contributed by atoms with Gasteiger partial charge in [-0.15, -0.1) is 0 Å². The van der Waals surface area contributed by atoms with Crippen LogP contribution in [0.4, 0.5) is 8.78 Å². The van der Waals surface area contributed by atoms with Crippen molar-refractivity contribution < 1.29 is 17.2 Å². The second-order valence-corrected chi connectivity index (χ2v) is 6.84. The third-order valence-electron chi connectivity index (χ3n) is 3.62. The van der Waals surface area contributed by atoms with Crippen LogP contribution in [-0.2, 0) is 10.0 Å². The molecule has 4 nitrogen and oxygen atoms in total. The lowest BCUT2D eigenvalue weighted by molar-refractivity contribution is 0.337. The Morgan fingerprint density at radius 1 is 1.20 bits per heavy atom. The first-order valence-electron chi connectivity index (χ1n) is 6.57. The molecule has 0 aliphatic carbocycles. The van der Waals surface area contributed by atoms with Crippen LogP contribution >= 0.6 is 0 Å². The van der Waals surface area contributed by atoms with E-state index in [-0.39, 0.29) is 6.04 Å². The molecular weight excluding hydrogens is 286 g/mol. The van der Waals surface area contributed by atoms with Gasteiger partial charge in [0, 0.05) is 13.1 Å². The fraction of sp³-hybridized carbons (Fsp3) is 0.538. The maximum absolute atomic E-state index is 13.7. The van der Waals surface area contributed by atoms with Gasteiger partial charge in [0.1, 0.15) is 11.6 Å². The summed E-state index contributed by atoms with van der Waals surface area (Å²) in [6.07, 6.45) is 2.15. The maximum atomic E-state index is 13.7. The van der Waals surface area contributed by atoms with Crippen LogP contribution < -0.4 is 5.32 Å². The molecule has 0 aromatic heterocycles. The molecule has 0 spiro atoms. The highest BCUT2D eigenvalue weighted by Crippen LogP contribution is 2.25. The summed E-state index contributed by atoms with van der Waals surface area (Å²) in [7, 11) is -2.77. The summed E-state index contributed by atoms with van der Waals surface area (Å²) in [4.78, 5) is -0.861. The third kappa shape index (κ3) is 2.99. The molecule has 1 saturated heterocycles. The van der Waals surface area contributed by atoms with Gasteiger partial charge in [-0.05, 0) is 44.5 Å². The molecule has 0 radical (unpaired) electrons. The van der Waals surface area contributed by atoms with E-state index in [2.05, 4.69) is 5.32 Å². The Hall–Kier alpha value is -1.05. The number of nitrogens with zero attached hydrogens (tertiary/aromatic N) is 1. The van der Waals surface area contributed by atoms with Gasteiger partial charge in [-0.25, -0.2) is 17.2 Å². The fourth-order valence-corrected chi connectivity index (χ4v) is 3.95. The van der Waals surface area contributed by atoms with Gasteiger partial charge in [0.05, 0.1) is 0 Å². The van der Waals surface area contributed by atoms with E-state index < -0.39 is 26.6 Å². The lowest BCUT2D eigenvalue weighted by Gasteiger charge is -2.26. The molecule has 2 rings (SSSR count). The molecule has 1 N–H and O–H groups in total. The first-order chi connectivity index (χ1) is 9.44. The molecule has 1 unspecified atom stereocenters. The number of rotatable bonds is 3. The average molecular weight is 304 g/mol. The van der Waals surface area contributed by atoms with Crippen molar-refractivity contribution in [3.8, 4) is 0 Å². The van der Waals surface area contributed by atoms with Crippen molar-refractivity contribution in [2.24, 2.45) is 0 Å². The predicted molar refractivity (Wildman–Crippen MR) is 71.8 cm³/mol. The molecule has 7 heteroatoms. The van der Waals surface area contributed by atoms with Crippen molar-refractivity contribution in [1.82, 2.24) is 9.62 Å². The van der Waals surface area contributed by atoms with E-state index in [9.17, 15) is 17.2 Å². The van der Waals surface area contributed by atoms with Crippen molar-refractivity contribution in [3.63, 3.8) is 0 Å². The van der Waals surface area contributed by atoms with E-state index in [1.165, 1.54) is 7.05 Å². The SMILES string of the molecule is CN(C1CCCNCC1)S(=O)(=O)c1c(F)cccc1F. The number of halogens is 2. The van der Waals surface area contributed by atoms with Crippen molar-refractivity contribution in [2.75, 3.05) is 20.1 Å². The van der Waals surface area contributed by atoms with Crippen LogP contribution in [0.25, 0.3) is 0 Å². The summed E-state index contributed by atoms with van der Waals surface area (Å²) < 4.78 is 53.3. The van der Waals surface area contributed by atoms with Crippen LogP contribution in [0, 0.1) is 11.6 Å². The second-order valence-electron chi connectivity index (χ2n) is 4.91. The molecule has 0 amide bonds. The molecule has 0 saturated carbocycles. The number of hydrogen-bond acceptors (Lipinski definition) is 3. The smallest absolute Gasteiger partial charge is 0.248 e. The summed E-state index contributed by atoms with van der Waals surface area (Å²) in [5, 5.41) is 3.18. The maximum Gasteiger partial charge on any atom is 0.248 e. The fourth-order valence-electron chi connectivity index (χ4n) is 2.43. The molecule has 1 aromatic rings. The summed E-state index contributed by atoms with van der Waals surface area (Å²) >= 11 is 0. The average Bonchev–Trinajstić information content (AvgIpc) is 2.66. The Kier molecular flexibility index (Phi) is 4.72. The van der Waals surface area contributed by atoms with Gasteiger partial charge in [0.2, 0.25) is 10.0 Å². The van der Waals surface area contributed by atoms with Gasteiger partial charge in [0.25, 0.3) is 0 Å². The van der Waals surface area contributed by atoms with E-state index in [4.69, 9.17) is 0 Å². The summed E-state index contributed by atoms with van der Waals surface area (Å²) in [5.41, 5.74) is 0. The van der Waals surface area contributed by atoms with Crippen LogP contribution in [0.15, 0.2) is 23.1 Å². The number of benzene rings is 1. The first-order valence-corrected chi connectivity index (χ1v) is 8.01. The van der Waals surface area contributed by atoms with Gasteiger partial charge in [-0.2, -0.15) is 4.31 Å². The van der Waals surface area contributed by atoms with E-state index in [0.29, 0.717) is 19.4 Å². The standard InChI is InChI=1S/C13H18F2N2O2S/c1-17(10-4-3-8-16-9-7-10)20(18,19)13-11(14)5-2-6-12(13)15/h2,5-6,10,16H,3-4,7-9H2,1H3. The minimum atomic E-state index is -4.16. The van der Waals surface area contributed by atoms with E-state index in [0.717, 1.165) is 35.5 Å². The molecule has 1 fully saturated rings. The van der Waals surface area contributed by atoms with Crippen molar-refractivity contribution >= 4 is 10.0 Å². The Labute approximate surface area is 117 Å². The zero-order valence-electron chi connectivity index (χ0n) is 11.3.